The first kappa shape index (κ1) is 21.0. The summed E-state index contributed by atoms with van der Waals surface area (Å²) in [5.74, 6) is 1.72. The van der Waals surface area contributed by atoms with Crippen LogP contribution in [-0.4, -0.2) is 55.0 Å². The van der Waals surface area contributed by atoms with E-state index in [2.05, 4.69) is 23.6 Å². The van der Waals surface area contributed by atoms with E-state index in [0.717, 1.165) is 45.6 Å². The Balaban J connectivity index is 0.00000200. The molecule has 0 radical (unpaired) electrons. The lowest BCUT2D eigenvalue weighted by molar-refractivity contribution is -0.138. The highest BCUT2D eigenvalue weighted by atomic mass is 35.5. The maximum atomic E-state index is 12.6. The van der Waals surface area contributed by atoms with Crippen LogP contribution in [-0.2, 0) is 4.79 Å². The number of hydrogen-bond donors (Lipinski definition) is 1. The lowest BCUT2D eigenvalue weighted by atomic mass is 9.94. The standard InChI is InChI=1S/C15H29N3O.2ClH/c1-12(2)11-17-6-8-18(9-7-17)15(19)14-5-3-4-13(14)10-16;;/h12-14H,3-11,16H2,1-2H3;2*1H/t13-,14-;;/m1../s1. The third-order valence-corrected chi connectivity index (χ3v) is 4.59. The predicted octanol–water partition coefficient (Wildman–Crippen LogP) is 2.01. The van der Waals surface area contributed by atoms with Gasteiger partial charge in [0.05, 0.1) is 0 Å². The Bertz CT molecular complexity index is 307. The lowest BCUT2D eigenvalue weighted by Crippen LogP contribution is -2.51. The lowest BCUT2D eigenvalue weighted by Gasteiger charge is -2.37. The molecule has 1 saturated carbocycles. The fraction of sp³-hybridized carbons (Fsp3) is 0.933. The minimum atomic E-state index is 0. The summed E-state index contributed by atoms with van der Waals surface area (Å²) in [6, 6.07) is 0. The van der Waals surface area contributed by atoms with Crippen molar-refractivity contribution in [2.75, 3.05) is 39.3 Å². The predicted molar refractivity (Wildman–Crippen MR) is 92.2 cm³/mol. The quantitative estimate of drug-likeness (QED) is 0.852. The van der Waals surface area contributed by atoms with Crippen LogP contribution in [0.1, 0.15) is 33.1 Å². The second-order valence-electron chi connectivity index (χ2n) is 6.55. The van der Waals surface area contributed by atoms with Crippen LogP contribution in [0.5, 0.6) is 0 Å². The van der Waals surface area contributed by atoms with Crippen molar-refractivity contribution in [1.82, 2.24) is 9.80 Å². The van der Waals surface area contributed by atoms with Crippen LogP contribution in [0.25, 0.3) is 0 Å². The largest absolute Gasteiger partial charge is 0.340 e. The molecule has 0 unspecified atom stereocenters. The smallest absolute Gasteiger partial charge is 0.226 e. The van der Waals surface area contributed by atoms with Crippen molar-refractivity contribution >= 4 is 30.7 Å². The summed E-state index contributed by atoms with van der Waals surface area (Å²) < 4.78 is 0. The minimum Gasteiger partial charge on any atom is -0.340 e. The van der Waals surface area contributed by atoms with Gasteiger partial charge in [-0.2, -0.15) is 0 Å². The second kappa shape index (κ2) is 9.88. The van der Waals surface area contributed by atoms with Gasteiger partial charge in [-0.05, 0) is 31.2 Å². The first-order chi connectivity index (χ1) is 9.11. The average molecular weight is 340 g/mol. The molecule has 1 aliphatic heterocycles. The zero-order valence-corrected chi connectivity index (χ0v) is 14.9. The highest BCUT2D eigenvalue weighted by Crippen LogP contribution is 2.32. The first-order valence-corrected chi connectivity index (χ1v) is 7.83. The number of piperazine rings is 1. The number of carbonyl (C=O) groups is 1. The summed E-state index contributed by atoms with van der Waals surface area (Å²) in [4.78, 5) is 17.1. The highest BCUT2D eigenvalue weighted by Gasteiger charge is 2.35. The van der Waals surface area contributed by atoms with Crippen LogP contribution >= 0.6 is 24.8 Å². The van der Waals surface area contributed by atoms with Crippen molar-refractivity contribution in [3.8, 4) is 0 Å². The molecule has 21 heavy (non-hydrogen) atoms. The summed E-state index contributed by atoms with van der Waals surface area (Å²) >= 11 is 0. The maximum Gasteiger partial charge on any atom is 0.226 e. The second-order valence-corrected chi connectivity index (χ2v) is 6.55. The van der Waals surface area contributed by atoms with Crippen molar-refractivity contribution in [2.24, 2.45) is 23.5 Å². The first-order valence-electron chi connectivity index (χ1n) is 7.83. The van der Waals surface area contributed by atoms with Gasteiger partial charge < -0.3 is 10.6 Å². The van der Waals surface area contributed by atoms with Gasteiger partial charge in [-0.3, -0.25) is 9.69 Å². The molecule has 126 valence electrons. The van der Waals surface area contributed by atoms with Crippen molar-refractivity contribution in [2.45, 2.75) is 33.1 Å². The van der Waals surface area contributed by atoms with Crippen LogP contribution in [0, 0.1) is 17.8 Å². The minimum absolute atomic E-state index is 0. The Kier molecular flexibility index (Phi) is 9.87. The van der Waals surface area contributed by atoms with Gasteiger partial charge in [-0.25, -0.2) is 0 Å². The highest BCUT2D eigenvalue weighted by molar-refractivity contribution is 5.85. The Morgan fingerprint density at radius 2 is 1.76 bits per heavy atom. The zero-order chi connectivity index (χ0) is 13.8. The zero-order valence-electron chi connectivity index (χ0n) is 13.3. The van der Waals surface area contributed by atoms with Gasteiger partial charge in [0.25, 0.3) is 0 Å². The summed E-state index contributed by atoms with van der Waals surface area (Å²) in [6.07, 6.45) is 3.36. The molecule has 0 aromatic carbocycles. The molecule has 2 rings (SSSR count). The van der Waals surface area contributed by atoms with E-state index in [9.17, 15) is 4.79 Å². The Morgan fingerprint density at radius 3 is 2.29 bits per heavy atom. The molecular weight excluding hydrogens is 309 g/mol. The molecule has 2 atom stereocenters. The fourth-order valence-corrected chi connectivity index (χ4v) is 3.55. The molecule has 2 fully saturated rings. The number of halogens is 2. The van der Waals surface area contributed by atoms with E-state index < -0.39 is 0 Å². The Labute approximate surface area is 141 Å². The Hall–Kier alpha value is -0.0300. The molecule has 1 heterocycles. The van der Waals surface area contributed by atoms with Gasteiger partial charge in [-0.1, -0.05) is 20.3 Å². The van der Waals surface area contributed by atoms with E-state index in [1.165, 1.54) is 6.42 Å². The molecule has 0 spiro atoms. The van der Waals surface area contributed by atoms with Gasteiger partial charge >= 0.3 is 0 Å². The number of rotatable bonds is 4. The fourth-order valence-electron chi connectivity index (χ4n) is 3.55. The van der Waals surface area contributed by atoms with Crippen molar-refractivity contribution in [1.29, 1.82) is 0 Å². The maximum absolute atomic E-state index is 12.6. The molecule has 1 amide bonds. The third-order valence-electron chi connectivity index (χ3n) is 4.59. The van der Waals surface area contributed by atoms with Gasteiger partial charge in [0.1, 0.15) is 0 Å². The van der Waals surface area contributed by atoms with E-state index in [-0.39, 0.29) is 30.7 Å². The normalized spacial score (nSPS) is 26.4. The summed E-state index contributed by atoms with van der Waals surface area (Å²) in [5.41, 5.74) is 5.79. The monoisotopic (exact) mass is 339 g/mol. The van der Waals surface area contributed by atoms with E-state index in [1.807, 2.05) is 0 Å². The molecule has 6 heteroatoms. The van der Waals surface area contributed by atoms with Crippen LogP contribution < -0.4 is 5.73 Å². The summed E-state index contributed by atoms with van der Waals surface area (Å²) in [5, 5.41) is 0. The molecule has 2 aliphatic rings. The SMILES string of the molecule is CC(C)CN1CCN(C(=O)[C@@H]2CCC[C@@H]2CN)CC1.Cl.Cl. The summed E-state index contributed by atoms with van der Waals surface area (Å²) in [6.45, 7) is 10.2. The third kappa shape index (κ3) is 5.59. The number of hydrogen-bond acceptors (Lipinski definition) is 3. The van der Waals surface area contributed by atoms with Gasteiger partial charge in [0.15, 0.2) is 0 Å². The molecule has 0 aromatic heterocycles. The molecule has 4 nitrogen and oxygen atoms in total. The van der Waals surface area contributed by atoms with Gasteiger partial charge in [0.2, 0.25) is 5.91 Å². The van der Waals surface area contributed by atoms with Crippen LogP contribution in [0.3, 0.4) is 0 Å². The van der Waals surface area contributed by atoms with Crippen molar-refractivity contribution in [3.63, 3.8) is 0 Å². The van der Waals surface area contributed by atoms with E-state index in [0.29, 0.717) is 24.3 Å². The number of amides is 1. The topological polar surface area (TPSA) is 49.6 Å². The van der Waals surface area contributed by atoms with Gasteiger partial charge in [0, 0.05) is 38.6 Å². The van der Waals surface area contributed by atoms with Gasteiger partial charge in [-0.15, -0.1) is 24.8 Å². The number of nitrogens with zero attached hydrogens (tertiary/aromatic N) is 2. The molecular formula is C15H31Cl2N3O. The van der Waals surface area contributed by atoms with Crippen LogP contribution in [0.4, 0.5) is 0 Å². The Morgan fingerprint density at radius 1 is 1.14 bits per heavy atom. The summed E-state index contributed by atoms with van der Waals surface area (Å²) in [7, 11) is 0. The molecule has 2 N–H and O–H groups in total. The number of nitrogens with two attached hydrogens (primary N) is 1. The average Bonchev–Trinajstić information content (AvgIpc) is 2.86. The van der Waals surface area contributed by atoms with Crippen LogP contribution in [0.15, 0.2) is 0 Å². The number of carbonyl (C=O) groups excluding carboxylic acids is 1. The van der Waals surface area contributed by atoms with E-state index >= 15 is 0 Å². The molecule has 0 bridgehead atoms. The van der Waals surface area contributed by atoms with Crippen LogP contribution in [0.2, 0.25) is 0 Å². The van der Waals surface area contributed by atoms with Crippen molar-refractivity contribution in [3.05, 3.63) is 0 Å². The van der Waals surface area contributed by atoms with E-state index in [4.69, 9.17) is 5.73 Å². The molecule has 1 saturated heterocycles. The van der Waals surface area contributed by atoms with Crippen molar-refractivity contribution < 1.29 is 4.79 Å². The van der Waals surface area contributed by atoms with E-state index in [1.54, 1.807) is 0 Å². The molecule has 0 aromatic rings. The molecule has 1 aliphatic carbocycles.